The number of anilines is 1. The Bertz CT molecular complexity index is 626. The van der Waals surface area contributed by atoms with Gasteiger partial charge in [0.05, 0.1) is 0 Å². The maximum Gasteiger partial charge on any atom is 0.164 e. The highest BCUT2D eigenvalue weighted by molar-refractivity contribution is 7.74. The number of benzene rings is 1. The van der Waals surface area contributed by atoms with Crippen LogP contribution in [0.1, 0.15) is 46.0 Å². The number of nitrogens with zero attached hydrogens (tertiary/aromatic N) is 2. The monoisotopic (exact) mass is 334 g/mol. The first kappa shape index (κ1) is 16.4. The zero-order valence-electron chi connectivity index (χ0n) is 13.9. The van der Waals surface area contributed by atoms with Crippen LogP contribution in [0, 0.1) is 5.92 Å². The summed E-state index contributed by atoms with van der Waals surface area (Å²) in [5, 5.41) is 0. The number of hydrogen-bond acceptors (Lipinski definition) is 4. The molecule has 1 fully saturated rings. The zero-order valence-corrected chi connectivity index (χ0v) is 14.8. The Hall–Kier alpha value is -1.49. The first-order chi connectivity index (χ1) is 11.1. The van der Waals surface area contributed by atoms with E-state index in [2.05, 4.69) is 35.8 Å². The van der Waals surface area contributed by atoms with Crippen LogP contribution in [-0.2, 0) is 10.7 Å². The van der Waals surface area contributed by atoms with E-state index in [0.29, 0.717) is 5.92 Å². The summed E-state index contributed by atoms with van der Waals surface area (Å²) in [6.07, 6.45) is 8.67. The minimum Gasteiger partial charge on any atom is -0.336 e. The molecule has 0 amide bonds. The van der Waals surface area contributed by atoms with Crippen molar-refractivity contribution in [3.63, 3.8) is 0 Å². The van der Waals surface area contributed by atoms with Gasteiger partial charge >= 0.3 is 0 Å². The van der Waals surface area contributed by atoms with Gasteiger partial charge in [0.1, 0.15) is 11.0 Å². The van der Waals surface area contributed by atoms with Gasteiger partial charge in [0, 0.05) is 18.1 Å². The molecule has 1 aliphatic heterocycles. The van der Waals surface area contributed by atoms with Crippen molar-refractivity contribution in [3.8, 4) is 0 Å². The standard InChI is InChI=1S/C18H26N2O2S/c1-15(2)17-19(16-9-5-3-6-10-16)13-14-20(17)18(23(21)22)11-7-4-8-12-18/h3,5-6,9-10,13-15,17,23H,4,7-8,11-12H2,1-2H3. The summed E-state index contributed by atoms with van der Waals surface area (Å²) in [7, 11) is -2.51. The van der Waals surface area contributed by atoms with E-state index in [1.54, 1.807) is 0 Å². The van der Waals surface area contributed by atoms with Crippen LogP contribution in [-0.4, -0.2) is 24.4 Å². The molecule has 0 spiro atoms. The molecule has 5 heteroatoms. The number of para-hydroxylation sites is 1. The molecule has 0 N–H and O–H groups in total. The average Bonchev–Trinajstić information content (AvgIpc) is 3.02. The smallest absolute Gasteiger partial charge is 0.164 e. The molecule has 126 valence electrons. The van der Waals surface area contributed by atoms with Crippen molar-refractivity contribution < 1.29 is 8.42 Å². The lowest BCUT2D eigenvalue weighted by Crippen LogP contribution is -2.56. The second-order valence-electron chi connectivity index (χ2n) is 6.91. The fourth-order valence-electron chi connectivity index (χ4n) is 3.97. The molecule has 0 saturated heterocycles. The lowest BCUT2D eigenvalue weighted by molar-refractivity contribution is 0.117. The third-order valence-corrected chi connectivity index (χ3v) is 6.44. The van der Waals surface area contributed by atoms with Gasteiger partial charge in [-0.2, -0.15) is 0 Å². The molecule has 23 heavy (non-hydrogen) atoms. The highest BCUT2D eigenvalue weighted by Gasteiger charge is 2.47. The van der Waals surface area contributed by atoms with Gasteiger partial charge in [-0.1, -0.05) is 51.3 Å². The summed E-state index contributed by atoms with van der Waals surface area (Å²) >= 11 is 0. The summed E-state index contributed by atoms with van der Waals surface area (Å²) in [6, 6.07) is 10.2. The highest BCUT2D eigenvalue weighted by atomic mass is 32.2. The predicted octanol–water partition coefficient (Wildman–Crippen LogP) is 3.53. The van der Waals surface area contributed by atoms with Gasteiger partial charge in [-0.05, 0) is 30.9 Å². The van der Waals surface area contributed by atoms with Gasteiger partial charge in [-0.3, -0.25) is 0 Å². The number of rotatable bonds is 4. The fraction of sp³-hybridized carbons (Fsp3) is 0.556. The third kappa shape index (κ3) is 2.87. The molecule has 1 heterocycles. The fourth-order valence-corrected chi connectivity index (χ4v) is 5.03. The van der Waals surface area contributed by atoms with Crippen LogP contribution in [0.3, 0.4) is 0 Å². The Morgan fingerprint density at radius 3 is 2.26 bits per heavy atom. The molecular weight excluding hydrogens is 308 g/mol. The third-order valence-electron chi connectivity index (χ3n) is 5.08. The lowest BCUT2D eigenvalue weighted by Gasteiger charge is -2.46. The van der Waals surface area contributed by atoms with Gasteiger partial charge in [-0.25, -0.2) is 8.42 Å². The Labute approximate surface area is 140 Å². The Balaban J connectivity index is 1.98. The summed E-state index contributed by atoms with van der Waals surface area (Å²) in [5.74, 6) is 0.318. The quantitative estimate of drug-likeness (QED) is 0.855. The average molecular weight is 334 g/mol. The van der Waals surface area contributed by atoms with Gasteiger partial charge in [0.15, 0.2) is 10.7 Å². The molecular formula is C18H26N2O2S. The highest BCUT2D eigenvalue weighted by Crippen LogP contribution is 2.41. The minimum absolute atomic E-state index is 0.0448. The molecule has 1 aromatic carbocycles. The van der Waals surface area contributed by atoms with Crippen LogP contribution in [0.25, 0.3) is 0 Å². The van der Waals surface area contributed by atoms with Crippen molar-refractivity contribution >= 4 is 16.4 Å². The van der Waals surface area contributed by atoms with Crippen molar-refractivity contribution in [3.05, 3.63) is 42.7 Å². The van der Waals surface area contributed by atoms with Crippen molar-refractivity contribution in [2.75, 3.05) is 4.90 Å². The summed E-state index contributed by atoms with van der Waals surface area (Å²) in [4.78, 5) is 3.61. The van der Waals surface area contributed by atoms with E-state index in [9.17, 15) is 8.42 Å². The van der Waals surface area contributed by atoms with E-state index in [1.165, 1.54) is 0 Å². The summed E-state index contributed by atoms with van der Waals surface area (Å²) in [6.45, 7) is 4.32. The second-order valence-corrected chi connectivity index (χ2v) is 8.25. The molecule has 0 aromatic heterocycles. The predicted molar refractivity (Wildman–Crippen MR) is 94.7 cm³/mol. The molecule has 0 bridgehead atoms. The number of thiol groups is 1. The number of hydrogen-bond donors (Lipinski definition) is 1. The first-order valence-electron chi connectivity index (χ1n) is 8.51. The Morgan fingerprint density at radius 1 is 1.04 bits per heavy atom. The normalized spacial score (nSPS) is 23.9. The molecule has 0 radical (unpaired) electrons. The van der Waals surface area contributed by atoms with Gasteiger partial charge in [0.2, 0.25) is 0 Å². The molecule has 1 unspecified atom stereocenters. The van der Waals surface area contributed by atoms with Crippen molar-refractivity contribution in [2.45, 2.75) is 57.0 Å². The van der Waals surface area contributed by atoms with Crippen LogP contribution >= 0.6 is 0 Å². The summed E-state index contributed by atoms with van der Waals surface area (Å²) < 4.78 is 24.4. The molecule has 1 saturated carbocycles. The first-order valence-corrected chi connectivity index (χ1v) is 9.69. The van der Waals surface area contributed by atoms with Crippen molar-refractivity contribution in [1.29, 1.82) is 0 Å². The molecule has 3 rings (SSSR count). The van der Waals surface area contributed by atoms with Gasteiger partial charge in [0.25, 0.3) is 0 Å². The van der Waals surface area contributed by atoms with Gasteiger partial charge in [-0.15, -0.1) is 0 Å². The maximum absolute atomic E-state index is 12.2. The lowest BCUT2D eigenvalue weighted by atomic mass is 9.92. The van der Waals surface area contributed by atoms with E-state index in [0.717, 1.165) is 37.8 Å². The molecule has 4 nitrogen and oxygen atoms in total. The van der Waals surface area contributed by atoms with E-state index in [1.807, 2.05) is 30.6 Å². The molecule has 1 aromatic rings. The van der Waals surface area contributed by atoms with Crippen LogP contribution in [0.15, 0.2) is 42.7 Å². The van der Waals surface area contributed by atoms with Crippen molar-refractivity contribution in [2.24, 2.45) is 5.92 Å². The molecule has 1 aliphatic carbocycles. The van der Waals surface area contributed by atoms with Crippen LogP contribution in [0.4, 0.5) is 5.69 Å². The van der Waals surface area contributed by atoms with Crippen LogP contribution < -0.4 is 4.90 Å². The Morgan fingerprint density at radius 2 is 1.70 bits per heavy atom. The van der Waals surface area contributed by atoms with E-state index < -0.39 is 15.6 Å². The summed E-state index contributed by atoms with van der Waals surface area (Å²) in [5.41, 5.74) is 1.11. The molecule has 1 atom stereocenters. The van der Waals surface area contributed by atoms with Crippen LogP contribution in [0.2, 0.25) is 0 Å². The largest absolute Gasteiger partial charge is 0.336 e. The van der Waals surface area contributed by atoms with Crippen molar-refractivity contribution in [1.82, 2.24) is 4.90 Å². The van der Waals surface area contributed by atoms with Crippen LogP contribution in [0.5, 0.6) is 0 Å². The SMILES string of the molecule is CC(C)C1N(c2ccccc2)C=CN1C1([SH](=O)=O)CCCCC1. The second kappa shape index (κ2) is 6.56. The maximum atomic E-state index is 12.2. The topological polar surface area (TPSA) is 40.6 Å². The van der Waals surface area contributed by atoms with E-state index >= 15 is 0 Å². The Kier molecular flexibility index (Phi) is 4.67. The van der Waals surface area contributed by atoms with Gasteiger partial charge < -0.3 is 9.80 Å². The zero-order chi connectivity index (χ0) is 16.4. The molecule has 2 aliphatic rings. The minimum atomic E-state index is -2.51. The van der Waals surface area contributed by atoms with E-state index in [-0.39, 0.29) is 6.17 Å². The van der Waals surface area contributed by atoms with E-state index in [4.69, 9.17) is 0 Å².